The molecule has 1 unspecified atom stereocenters. The molecule has 5 heteroatoms. The number of amides is 1. The van der Waals surface area contributed by atoms with E-state index in [4.69, 9.17) is 9.84 Å². The maximum absolute atomic E-state index is 11.4. The van der Waals surface area contributed by atoms with Crippen molar-refractivity contribution < 1.29 is 19.4 Å². The third-order valence-corrected chi connectivity index (χ3v) is 2.52. The highest BCUT2D eigenvalue weighted by molar-refractivity contribution is 5.86. The molecule has 5 nitrogen and oxygen atoms in total. The first-order valence-corrected chi connectivity index (χ1v) is 5.59. The quantitative estimate of drug-likeness (QED) is 0.677. The number of hydrogen-bond donors (Lipinski definition) is 1. The Balaban J connectivity index is 2.23. The van der Waals surface area contributed by atoms with Gasteiger partial charge in [0.25, 0.3) is 0 Å². The summed E-state index contributed by atoms with van der Waals surface area (Å²) >= 11 is 0. The first-order chi connectivity index (χ1) is 7.50. The molecular formula is C11H19NO4. The van der Waals surface area contributed by atoms with E-state index < -0.39 is 11.9 Å². The highest BCUT2D eigenvalue weighted by Crippen LogP contribution is 2.17. The number of aliphatic carboxylic acids is 1. The molecule has 0 aliphatic carbocycles. The molecule has 1 fully saturated rings. The predicted octanol–water partition coefficient (Wildman–Crippen LogP) is 0.592. The highest BCUT2D eigenvalue weighted by atomic mass is 16.5. The minimum atomic E-state index is -0.890. The lowest BCUT2D eigenvalue weighted by Gasteiger charge is -2.16. The van der Waals surface area contributed by atoms with Gasteiger partial charge in [-0.25, -0.2) is 0 Å². The van der Waals surface area contributed by atoms with Crippen LogP contribution in [0, 0.1) is 11.8 Å². The molecule has 1 heterocycles. The van der Waals surface area contributed by atoms with Gasteiger partial charge in [-0.2, -0.15) is 0 Å². The number of nitrogens with zero attached hydrogens (tertiary/aromatic N) is 1. The summed E-state index contributed by atoms with van der Waals surface area (Å²) in [7, 11) is 0. The molecule has 1 N–H and O–H groups in total. The summed E-state index contributed by atoms with van der Waals surface area (Å²) in [5, 5.41) is 8.78. The number of ether oxygens (including phenoxy) is 1. The number of carbonyl (C=O) groups is 2. The molecule has 0 saturated carbocycles. The standard InChI is InChI=1S/C11H19NO4/c1-8(2)7-16-4-3-12-6-9(11(14)15)5-10(12)13/h8-9H,3-7H2,1-2H3,(H,14,15). The van der Waals surface area contributed by atoms with Crippen molar-refractivity contribution in [3.05, 3.63) is 0 Å². The fourth-order valence-corrected chi connectivity index (χ4v) is 1.65. The molecular weight excluding hydrogens is 210 g/mol. The van der Waals surface area contributed by atoms with E-state index in [0.717, 1.165) is 0 Å². The molecule has 0 aromatic rings. The normalized spacial score (nSPS) is 20.8. The van der Waals surface area contributed by atoms with Crippen LogP contribution in [0.15, 0.2) is 0 Å². The van der Waals surface area contributed by atoms with E-state index in [1.807, 2.05) is 0 Å². The Bertz CT molecular complexity index is 265. The molecule has 1 aliphatic rings. The second kappa shape index (κ2) is 5.84. The summed E-state index contributed by atoms with van der Waals surface area (Å²) in [5.74, 6) is -1.04. The van der Waals surface area contributed by atoms with Crippen molar-refractivity contribution in [1.29, 1.82) is 0 Å². The highest BCUT2D eigenvalue weighted by Gasteiger charge is 2.33. The Morgan fingerprint density at radius 2 is 2.31 bits per heavy atom. The number of carboxylic acid groups (broad SMARTS) is 1. The average molecular weight is 229 g/mol. The second-order valence-electron chi connectivity index (χ2n) is 4.55. The zero-order chi connectivity index (χ0) is 12.1. The van der Waals surface area contributed by atoms with Crippen molar-refractivity contribution in [3.8, 4) is 0 Å². The van der Waals surface area contributed by atoms with Gasteiger partial charge in [-0.1, -0.05) is 13.8 Å². The smallest absolute Gasteiger partial charge is 0.308 e. The number of rotatable bonds is 6. The van der Waals surface area contributed by atoms with E-state index in [1.165, 1.54) is 0 Å². The van der Waals surface area contributed by atoms with Gasteiger partial charge in [-0.15, -0.1) is 0 Å². The summed E-state index contributed by atoms with van der Waals surface area (Å²) < 4.78 is 5.36. The lowest BCUT2D eigenvalue weighted by molar-refractivity contribution is -0.141. The molecule has 1 atom stereocenters. The maximum Gasteiger partial charge on any atom is 0.308 e. The monoisotopic (exact) mass is 229 g/mol. The van der Waals surface area contributed by atoms with Gasteiger partial charge in [0.1, 0.15) is 0 Å². The van der Waals surface area contributed by atoms with Crippen LogP contribution in [0.4, 0.5) is 0 Å². The number of carboxylic acids is 1. The van der Waals surface area contributed by atoms with Gasteiger partial charge in [0, 0.05) is 26.1 Å². The number of carbonyl (C=O) groups excluding carboxylic acids is 1. The van der Waals surface area contributed by atoms with Crippen molar-refractivity contribution >= 4 is 11.9 Å². The number of likely N-dealkylation sites (tertiary alicyclic amines) is 1. The third-order valence-electron chi connectivity index (χ3n) is 2.52. The minimum Gasteiger partial charge on any atom is -0.481 e. The van der Waals surface area contributed by atoms with Crippen LogP contribution in [0.2, 0.25) is 0 Å². The maximum atomic E-state index is 11.4. The molecule has 0 aromatic carbocycles. The minimum absolute atomic E-state index is 0.0828. The number of hydrogen-bond acceptors (Lipinski definition) is 3. The van der Waals surface area contributed by atoms with E-state index >= 15 is 0 Å². The summed E-state index contributed by atoms with van der Waals surface area (Å²) in [6, 6.07) is 0. The van der Waals surface area contributed by atoms with Gasteiger partial charge in [0.05, 0.1) is 12.5 Å². The van der Waals surface area contributed by atoms with Crippen molar-refractivity contribution in [3.63, 3.8) is 0 Å². The lowest BCUT2D eigenvalue weighted by atomic mass is 10.1. The molecule has 0 aromatic heterocycles. The van der Waals surface area contributed by atoms with Crippen molar-refractivity contribution in [2.75, 3.05) is 26.3 Å². The van der Waals surface area contributed by atoms with Crippen LogP contribution in [0.25, 0.3) is 0 Å². The zero-order valence-electron chi connectivity index (χ0n) is 9.81. The first kappa shape index (κ1) is 13.0. The summed E-state index contributed by atoms with van der Waals surface area (Å²) in [4.78, 5) is 23.7. The summed E-state index contributed by atoms with van der Waals surface area (Å²) in [6.07, 6.45) is 0.125. The molecule has 0 spiro atoms. The Kier molecular flexibility index (Phi) is 4.73. The lowest BCUT2D eigenvalue weighted by Crippen LogP contribution is -2.30. The average Bonchev–Trinajstić information content (AvgIpc) is 2.55. The molecule has 16 heavy (non-hydrogen) atoms. The van der Waals surface area contributed by atoms with E-state index in [0.29, 0.717) is 32.2 Å². The Hall–Kier alpha value is -1.10. The van der Waals surface area contributed by atoms with Crippen molar-refractivity contribution in [2.24, 2.45) is 11.8 Å². The Morgan fingerprint density at radius 1 is 1.62 bits per heavy atom. The van der Waals surface area contributed by atoms with E-state index in [-0.39, 0.29) is 12.3 Å². The van der Waals surface area contributed by atoms with Crippen molar-refractivity contribution in [1.82, 2.24) is 4.90 Å². The van der Waals surface area contributed by atoms with Crippen LogP contribution in [-0.4, -0.2) is 48.2 Å². The predicted molar refractivity (Wildman–Crippen MR) is 58.0 cm³/mol. The van der Waals surface area contributed by atoms with Crippen molar-refractivity contribution in [2.45, 2.75) is 20.3 Å². The van der Waals surface area contributed by atoms with Gasteiger partial charge in [-0.05, 0) is 5.92 Å². The largest absolute Gasteiger partial charge is 0.481 e. The third kappa shape index (κ3) is 3.81. The molecule has 1 saturated heterocycles. The van der Waals surface area contributed by atoms with Crippen LogP contribution >= 0.6 is 0 Å². The van der Waals surface area contributed by atoms with Gasteiger partial charge >= 0.3 is 5.97 Å². The van der Waals surface area contributed by atoms with E-state index in [2.05, 4.69) is 13.8 Å². The van der Waals surface area contributed by atoms with Crippen LogP contribution in [0.1, 0.15) is 20.3 Å². The topological polar surface area (TPSA) is 66.8 Å². The van der Waals surface area contributed by atoms with Crippen LogP contribution in [-0.2, 0) is 14.3 Å². The zero-order valence-corrected chi connectivity index (χ0v) is 9.81. The Labute approximate surface area is 95.4 Å². The van der Waals surface area contributed by atoms with Gasteiger partial charge in [-0.3, -0.25) is 9.59 Å². The van der Waals surface area contributed by atoms with Crippen LogP contribution in [0.3, 0.4) is 0 Å². The SMILES string of the molecule is CC(C)COCCN1CC(C(=O)O)CC1=O. The molecule has 1 amide bonds. The molecule has 0 radical (unpaired) electrons. The fourth-order valence-electron chi connectivity index (χ4n) is 1.65. The molecule has 0 bridgehead atoms. The molecule has 1 aliphatic heterocycles. The van der Waals surface area contributed by atoms with Gasteiger partial charge < -0.3 is 14.7 Å². The fraction of sp³-hybridized carbons (Fsp3) is 0.818. The van der Waals surface area contributed by atoms with Crippen LogP contribution in [0.5, 0.6) is 0 Å². The first-order valence-electron chi connectivity index (χ1n) is 5.59. The molecule has 92 valence electrons. The van der Waals surface area contributed by atoms with Crippen LogP contribution < -0.4 is 0 Å². The van der Waals surface area contributed by atoms with E-state index in [9.17, 15) is 9.59 Å². The van der Waals surface area contributed by atoms with Gasteiger partial charge in [0.2, 0.25) is 5.91 Å². The summed E-state index contributed by atoms with van der Waals surface area (Å²) in [5.41, 5.74) is 0. The van der Waals surface area contributed by atoms with E-state index in [1.54, 1.807) is 4.90 Å². The molecule has 1 rings (SSSR count). The second-order valence-corrected chi connectivity index (χ2v) is 4.55. The van der Waals surface area contributed by atoms with Gasteiger partial charge in [0.15, 0.2) is 0 Å². The Morgan fingerprint density at radius 3 is 2.81 bits per heavy atom. The summed E-state index contributed by atoms with van der Waals surface area (Å²) in [6.45, 7) is 6.08.